The summed E-state index contributed by atoms with van der Waals surface area (Å²) in [4.78, 5) is 21.2. The third-order valence-corrected chi connectivity index (χ3v) is 6.26. The lowest BCUT2D eigenvalue weighted by Gasteiger charge is -2.21. The van der Waals surface area contributed by atoms with E-state index < -0.39 is 0 Å². The summed E-state index contributed by atoms with van der Waals surface area (Å²) in [6, 6.07) is 14.8. The van der Waals surface area contributed by atoms with Crippen LogP contribution in [0.25, 0.3) is 0 Å². The smallest absolute Gasteiger partial charge is 0.243 e. The summed E-state index contributed by atoms with van der Waals surface area (Å²) in [6.45, 7) is 12.4. The van der Waals surface area contributed by atoms with Crippen molar-refractivity contribution in [2.24, 2.45) is 9.98 Å². The zero-order valence-corrected chi connectivity index (χ0v) is 22.2. The molecule has 0 atom stereocenters. The molecule has 0 fully saturated rings. The maximum atomic E-state index is 11.9. The highest BCUT2D eigenvalue weighted by molar-refractivity contribution is 6.03. The van der Waals surface area contributed by atoms with E-state index in [1.54, 1.807) is 24.6 Å². The number of hydrogen-bond donors (Lipinski definition) is 4. The first kappa shape index (κ1) is 25.9. The van der Waals surface area contributed by atoms with E-state index in [1.165, 1.54) is 0 Å². The molecule has 1 aliphatic rings. The molecule has 3 aromatic carbocycles. The maximum absolute atomic E-state index is 11.9. The maximum Gasteiger partial charge on any atom is 0.243 e. The number of fused-ring (bicyclic) bond motifs is 1. The van der Waals surface area contributed by atoms with E-state index >= 15 is 0 Å². The first-order valence-corrected chi connectivity index (χ1v) is 12.3. The normalized spacial score (nSPS) is 14.1. The number of benzene rings is 3. The first-order valence-electron chi connectivity index (χ1n) is 12.3. The Balaban J connectivity index is 1.77. The van der Waals surface area contributed by atoms with Gasteiger partial charge in [-0.1, -0.05) is 65.8 Å². The van der Waals surface area contributed by atoms with E-state index in [1.807, 2.05) is 77.9 Å². The number of phenolic OH excluding ortho intramolecular Hbond substituents is 2. The first-order chi connectivity index (χ1) is 17.3. The van der Waals surface area contributed by atoms with Crippen molar-refractivity contribution in [3.05, 3.63) is 70.8 Å². The van der Waals surface area contributed by atoms with Crippen LogP contribution in [0.3, 0.4) is 0 Å². The number of phenols is 2. The molecule has 37 heavy (non-hydrogen) atoms. The molecule has 0 radical (unpaired) electrons. The number of carbonyl (C=O) groups excluding carboxylic acids is 1. The predicted molar refractivity (Wildman–Crippen MR) is 152 cm³/mol. The minimum atomic E-state index is -0.227. The van der Waals surface area contributed by atoms with Crippen LogP contribution in [0.1, 0.15) is 63.8 Å². The summed E-state index contributed by atoms with van der Waals surface area (Å²) in [6.07, 6.45) is 3.21. The molecule has 0 saturated carbocycles. The topological polar surface area (TPSA) is 106 Å². The van der Waals surface area contributed by atoms with Gasteiger partial charge in [-0.15, -0.1) is 0 Å². The van der Waals surface area contributed by atoms with Gasteiger partial charge < -0.3 is 20.8 Å². The molecular formula is C30H34N4O3. The molecule has 0 saturated heterocycles. The third kappa shape index (κ3) is 5.66. The van der Waals surface area contributed by atoms with E-state index in [2.05, 4.69) is 20.6 Å². The van der Waals surface area contributed by atoms with Gasteiger partial charge in [-0.3, -0.25) is 14.8 Å². The van der Waals surface area contributed by atoms with Gasteiger partial charge in [0.15, 0.2) is 0 Å². The van der Waals surface area contributed by atoms with Crippen molar-refractivity contribution >= 4 is 41.1 Å². The molecule has 0 bridgehead atoms. The van der Waals surface area contributed by atoms with Crippen LogP contribution in [0.4, 0.5) is 22.7 Å². The highest BCUT2D eigenvalue weighted by atomic mass is 16.3. The lowest BCUT2D eigenvalue weighted by atomic mass is 9.85. The average Bonchev–Trinajstić information content (AvgIpc) is 2.81. The fourth-order valence-electron chi connectivity index (χ4n) is 4.22. The summed E-state index contributed by atoms with van der Waals surface area (Å²) in [7, 11) is 0. The molecular weight excluding hydrogens is 464 g/mol. The molecule has 0 unspecified atom stereocenters. The second kappa shape index (κ2) is 9.73. The highest BCUT2D eigenvalue weighted by Crippen LogP contribution is 2.39. The Morgan fingerprint density at radius 3 is 1.68 bits per heavy atom. The number of nitrogens with zero attached hydrogens (tertiary/aromatic N) is 2. The Morgan fingerprint density at radius 1 is 0.757 bits per heavy atom. The van der Waals surface area contributed by atoms with Crippen LogP contribution in [-0.4, -0.2) is 35.1 Å². The summed E-state index contributed by atoms with van der Waals surface area (Å²) < 4.78 is 0. The molecule has 1 amide bonds. The second-order valence-electron chi connectivity index (χ2n) is 11.3. The van der Waals surface area contributed by atoms with Gasteiger partial charge in [-0.2, -0.15) is 0 Å². The van der Waals surface area contributed by atoms with Crippen LogP contribution in [0, 0.1) is 0 Å². The van der Waals surface area contributed by atoms with E-state index in [-0.39, 0.29) is 34.8 Å². The molecule has 1 aliphatic heterocycles. The quantitative estimate of drug-likeness (QED) is 0.306. The lowest BCUT2D eigenvalue weighted by Crippen LogP contribution is -2.27. The summed E-state index contributed by atoms with van der Waals surface area (Å²) in [5, 5.41) is 27.7. The number of rotatable bonds is 4. The second-order valence-corrected chi connectivity index (χ2v) is 11.3. The predicted octanol–water partition coefficient (Wildman–Crippen LogP) is 6.56. The number of carbonyl (C=O) groups is 1. The fraction of sp³-hybridized carbons (Fsp3) is 0.300. The standard InChI is InChI=1S/C30H34N4O3/c1-29(2,3)20-11-7-9-18(27(20)36)15-31-22-13-24-25(34-26(35)17-33-24)14-23(22)32-16-19-10-8-12-21(28(19)37)30(4,5)6/h7-16,33,36-37H,17H2,1-6H3,(H,34,35). The van der Waals surface area contributed by atoms with Crippen molar-refractivity contribution in [1.82, 2.24) is 0 Å². The fourth-order valence-corrected chi connectivity index (χ4v) is 4.22. The van der Waals surface area contributed by atoms with Crippen LogP contribution < -0.4 is 10.6 Å². The van der Waals surface area contributed by atoms with E-state index in [4.69, 9.17) is 0 Å². The van der Waals surface area contributed by atoms with Crippen LogP contribution >= 0.6 is 0 Å². The Hall–Kier alpha value is -4.13. The highest BCUT2D eigenvalue weighted by Gasteiger charge is 2.21. The molecule has 0 aromatic heterocycles. The number of anilines is 2. The van der Waals surface area contributed by atoms with E-state index in [9.17, 15) is 15.0 Å². The van der Waals surface area contributed by atoms with Gasteiger partial charge in [0, 0.05) is 23.6 Å². The van der Waals surface area contributed by atoms with Crippen LogP contribution in [0.5, 0.6) is 11.5 Å². The molecule has 3 aromatic rings. The number of amides is 1. The molecule has 0 aliphatic carbocycles. The Bertz CT molecular complexity index is 1410. The molecule has 4 rings (SSSR count). The van der Waals surface area contributed by atoms with Crippen LogP contribution in [0.15, 0.2) is 58.5 Å². The third-order valence-electron chi connectivity index (χ3n) is 6.26. The van der Waals surface area contributed by atoms with Gasteiger partial charge >= 0.3 is 0 Å². The number of para-hydroxylation sites is 2. The number of nitrogens with one attached hydrogen (secondary N) is 2. The van der Waals surface area contributed by atoms with Crippen LogP contribution in [-0.2, 0) is 15.6 Å². The molecule has 7 nitrogen and oxygen atoms in total. The van der Waals surface area contributed by atoms with Crippen molar-refractivity contribution < 1.29 is 15.0 Å². The van der Waals surface area contributed by atoms with Gasteiger partial charge in [0.25, 0.3) is 0 Å². The number of aliphatic imine (C=N–C) groups is 2. The van der Waals surface area contributed by atoms with Crippen molar-refractivity contribution in [3.63, 3.8) is 0 Å². The van der Waals surface area contributed by atoms with Crippen molar-refractivity contribution in [1.29, 1.82) is 0 Å². The molecule has 192 valence electrons. The van der Waals surface area contributed by atoms with E-state index in [0.29, 0.717) is 28.2 Å². The van der Waals surface area contributed by atoms with Crippen molar-refractivity contribution in [2.45, 2.75) is 52.4 Å². The Morgan fingerprint density at radius 2 is 1.22 bits per heavy atom. The summed E-state index contributed by atoms with van der Waals surface area (Å²) in [5.74, 6) is 0.231. The SMILES string of the molecule is CC(C)(C)c1cccc(C=Nc2cc3c(cc2N=Cc2cccc(C(C)(C)C)c2O)NC(=O)CN3)c1O. The monoisotopic (exact) mass is 498 g/mol. The molecule has 0 spiro atoms. The van der Waals surface area contributed by atoms with Gasteiger partial charge in [-0.05, 0) is 46.2 Å². The minimum absolute atomic E-state index is 0.141. The van der Waals surface area contributed by atoms with Crippen molar-refractivity contribution in [3.8, 4) is 11.5 Å². The van der Waals surface area contributed by atoms with Gasteiger partial charge in [0.05, 0.1) is 29.3 Å². The van der Waals surface area contributed by atoms with Gasteiger partial charge in [-0.25, -0.2) is 0 Å². The number of hydrogen-bond acceptors (Lipinski definition) is 6. The largest absolute Gasteiger partial charge is 0.507 e. The average molecular weight is 499 g/mol. The molecule has 4 N–H and O–H groups in total. The molecule has 7 heteroatoms. The minimum Gasteiger partial charge on any atom is -0.507 e. The van der Waals surface area contributed by atoms with Gasteiger partial charge in [0.2, 0.25) is 5.91 Å². The summed E-state index contributed by atoms with van der Waals surface area (Å²) >= 11 is 0. The van der Waals surface area contributed by atoms with E-state index in [0.717, 1.165) is 16.8 Å². The van der Waals surface area contributed by atoms with Crippen molar-refractivity contribution in [2.75, 3.05) is 17.2 Å². The molecule has 1 heterocycles. The summed E-state index contributed by atoms with van der Waals surface area (Å²) in [5.41, 5.74) is 4.77. The zero-order valence-electron chi connectivity index (χ0n) is 22.2. The van der Waals surface area contributed by atoms with Gasteiger partial charge in [0.1, 0.15) is 11.5 Å². The lowest BCUT2D eigenvalue weighted by molar-refractivity contribution is -0.114. The zero-order chi connectivity index (χ0) is 27.0. The Labute approximate surface area is 218 Å². The number of aromatic hydroxyl groups is 2. The van der Waals surface area contributed by atoms with Crippen LogP contribution in [0.2, 0.25) is 0 Å². The Kier molecular flexibility index (Phi) is 6.82.